The molecule has 0 amide bonds. The molecule has 4 rings (SSSR count). The molecule has 1 aliphatic rings. The standard InChI is InChI=1S/C19H23N5O2S2/c1-14-3-5-16(6-4-14)26-11-17-20-15(12-27-17)13-28-19-22-21-18(23(19)2)24-7-9-25-10-8-24/h3-6,12H,7-11,13H2,1-2H3. The number of ether oxygens (including phenoxy) is 2. The van der Waals surface area contributed by atoms with Gasteiger partial charge in [-0.15, -0.1) is 21.5 Å². The molecule has 2 aromatic heterocycles. The fourth-order valence-corrected chi connectivity index (χ4v) is 4.48. The summed E-state index contributed by atoms with van der Waals surface area (Å²) in [6, 6.07) is 8.07. The number of thioether (sulfide) groups is 1. The van der Waals surface area contributed by atoms with Gasteiger partial charge in [-0.3, -0.25) is 4.57 Å². The highest BCUT2D eigenvalue weighted by Crippen LogP contribution is 2.25. The Kier molecular flexibility index (Phi) is 6.13. The van der Waals surface area contributed by atoms with Crippen molar-refractivity contribution >= 4 is 29.0 Å². The van der Waals surface area contributed by atoms with Gasteiger partial charge in [-0.1, -0.05) is 29.5 Å². The molecule has 9 heteroatoms. The summed E-state index contributed by atoms with van der Waals surface area (Å²) >= 11 is 3.27. The first-order valence-corrected chi connectivity index (χ1v) is 11.0. The second kappa shape index (κ2) is 8.93. The average molecular weight is 418 g/mol. The van der Waals surface area contributed by atoms with Gasteiger partial charge in [0.15, 0.2) is 5.16 Å². The average Bonchev–Trinajstić information content (AvgIpc) is 3.33. The number of rotatable bonds is 7. The van der Waals surface area contributed by atoms with Gasteiger partial charge in [0.25, 0.3) is 0 Å². The second-order valence-electron chi connectivity index (χ2n) is 6.56. The van der Waals surface area contributed by atoms with Crippen LogP contribution in [-0.4, -0.2) is 46.1 Å². The molecule has 0 bridgehead atoms. The molecule has 3 heterocycles. The third-order valence-corrected chi connectivity index (χ3v) is 6.36. The number of hydrogen-bond acceptors (Lipinski definition) is 8. The minimum absolute atomic E-state index is 0.490. The van der Waals surface area contributed by atoms with E-state index in [2.05, 4.69) is 32.4 Å². The summed E-state index contributed by atoms with van der Waals surface area (Å²) in [5.41, 5.74) is 2.26. The van der Waals surface area contributed by atoms with Crippen LogP contribution in [-0.2, 0) is 24.1 Å². The van der Waals surface area contributed by atoms with E-state index in [0.29, 0.717) is 6.61 Å². The summed E-state index contributed by atoms with van der Waals surface area (Å²) in [5, 5.41) is 12.6. The zero-order chi connectivity index (χ0) is 19.3. The number of morpholine rings is 1. The molecule has 7 nitrogen and oxygen atoms in total. The van der Waals surface area contributed by atoms with Gasteiger partial charge in [0.05, 0.1) is 18.9 Å². The van der Waals surface area contributed by atoms with Crippen LogP contribution in [0.3, 0.4) is 0 Å². The summed E-state index contributed by atoms with van der Waals surface area (Å²) < 4.78 is 13.3. The molecule has 1 aliphatic heterocycles. The van der Waals surface area contributed by atoms with Crippen LogP contribution in [0.15, 0.2) is 34.8 Å². The van der Waals surface area contributed by atoms with Crippen LogP contribution < -0.4 is 9.64 Å². The Morgan fingerprint density at radius 2 is 1.96 bits per heavy atom. The van der Waals surface area contributed by atoms with Crippen LogP contribution >= 0.6 is 23.1 Å². The Bertz CT molecular complexity index is 903. The largest absolute Gasteiger partial charge is 0.486 e. The fourth-order valence-electron chi connectivity index (χ4n) is 2.87. The lowest BCUT2D eigenvalue weighted by atomic mass is 10.2. The lowest BCUT2D eigenvalue weighted by Crippen LogP contribution is -2.37. The fraction of sp³-hybridized carbons (Fsp3) is 0.421. The van der Waals surface area contributed by atoms with Gasteiger partial charge >= 0.3 is 0 Å². The molecule has 0 N–H and O–H groups in total. The molecular weight excluding hydrogens is 394 g/mol. The molecule has 1 aromatic carbocycles. The molecule has 1 fully saturated rings. The Morgan fingerprint density at radius 3 is 2.75 bits per heavy atom. The van der Waals surface area contributed by atoms with E-state index in [-0.39, 0.29) is 0 Å². The Hall–Kier alpha value is -2.10. The highest BCUT2D eigenvalue weighted by molar-refractivity contribution is 7.98. The topological polar surface area (TPSA) is 65.3 Å². The van der Waals surface area contributed by atoms with Crippen molar-refractivity contribution in [3.63, 3.8) is 0 Å². The van der Waals surface area contributed by atoms with Crippen molar-refractivity contribution in [2.24, 2.45) is 7.05 Å². The van der Waals surface area contributed by atoms with Crippen molar-refractivity contribution in [1.82, 2.24) is 19.7 Å². The van der Waals surface area contributed by atoms with E-state index in [1.54, 1.807) is 23.1 Å². The maximum Gasteiger partial charge on any atom is 0.227 e. The molecule has 0 atom stereocenters. The molecule has 0 saturated carbocycles. The minimum atomic E-state index is 0.490. The van der Waals surface area contributed by atoms with Crippen molar-refractivity contribution in [1.29, 1.82) is 0 Å². The number of aryl methyl sites for hydroxylation is 1. The molecule has 0 radical (unpaired) electrons. The van der Waals surface area contributed by atoms with E-state index < -0.39 is 0 Å². The Labute approximate surface area is 172 Å². The van der Waals surface area contributed by atoms with Crippen molar-refractivity contribution in [3.05, 3.63) is 45.9 Å². The van der Waals surface area contributed by atoms with Gasteiger partial charge in [0.1, 0.15) is 17.4 Å². The molecule has 0 aliphatic carbocycles. The normalized spacial score (nSPS) is 14.4. The molecule has 148 valence electrons. The number of hydrogen-bond donors (Lipinski definition) is 0. The summed E-state index contributed by atoms with van der Waals surface area (Å²) in [4.78, 5) is 6.88. The van der Waals surface area contributed by atoms with E-state index in [1.165, 1.54) is 5.56 Å². The van der Waals surface area contributed by atoms with Crippen LogP contribution in [0.4, 0.5) is 5.95 Å². The summed E-state index contributed by atoms with van der Waals surface area (Å²) in [7, 11) is 2.01. The van der Waals surface area contributed by atoms with E-state index >= 15 is 0 Å². The quantitative estimate of drug-likeness (QED) is 0.547. The zero-order valence-corrected chi connectivity index (χ0v) is 17.6. The van der Waals surface area contributed by atoms with Gasteiger partial charge < -0.3 is 14.4 Å². The molecule has 3 aromatic rings. The van der Waals surface area contributed by atoms with Gasteiger partial charge in [0.2, 0.25) is 5.95 Å². The lowest BCUT2D eigenvalue weighted by Gasteiger charge is -2.27. The van der Waals surface area contributed by atoms with Gasteiger partial charge in [-0.2, -0.15) is 0 Å². The van der Waals surface area contributed by atoms with Crippen LogP contribution in [0.25, 0.3) is 0 Å². The van der Waals surface area contributed by atoms with Crippen molar-refractivity contribution in [2.75, 3.05) is 31.2 Å². The summed E-state index contributed by atoms with van der Waals surface area (Å²) in [6.07, 6.45) is 0. The zero-order valence-electron chi connectivity index (χ0n) is 16.0. The SMILES string of the molecule is Cc1ccc(OCc2nc(CSc3nnc(N4CCOCC4)n3C)cs2)cc1. The highest BCUT2D eigenvalue weighted by Gasteiger charge is 2.18. The predicted octanol–water partition coefficient (Wildman–Crippen LogP) is 3.29. The second-order valence-corrected chi connectivity index (χ2v) is 8.45. The highest BCUT2D eigenvalue weighted by atomic mass is 32.2. The van der Waals surface area contributed by atoms with Gasteiger partial charge in [-0.25, -0.2) is 4.98 Å². The van der Waals surface area contributed by atoms with Gasteiger partial charge in [-0.05, 0) is 19.1 Å². The lowest BCUT2D eigenvalue weighted by molar-refractivity contribution is 0.121. The van der Waals surface area contributed by atoms with E-state index in [4.69, 9.17) is 9.47 Å². The first-order valence-electron chi connectivity index (χ1n) is 9.16. The molecular formula is C19H23N5O2S2. The molecule has 28 heavy (non-hydrogen) atoms. The molecule has 1 saturated heterocycles. The Morgan fingerprint density at radius 1 is 1.18 bits per heavy atom. The maximum absolute atomic E-state index is 5.81. The molecule has 0 unspecified atom stereocenters. The number of nitrogens with zero attached hydrogens (tertiary/aromatic N) is 5. The monoisotopic (exact) mass is 417 g/mol. The van der Waals surface area contributed by atoms with Crippen LogP contribution in [0, 0.1) is 6.92 Å². The van der Waals surface area contributed by atoms with Crippen LogP contribution in [0.2, 0.25) is 0 Å². The number of anilines is 1. The predicted molar refractivity (Wildman–Crippen MR) is 111 cm³/mol. The van der Waals surface area contributed by atoms with Crippen LogP contribution in [0.1, 0.15) is 16.3 Å². The van der Waals surface area contributed by atoms with Crippen molar-refractivity contribution < 1.29 is 9.47 Å². The molecule has 0 spiro atoms. The van der Waals surface area contributed by atoms with E-state index in [9.17, 15) is 0 Å². The first kappa shape index (κ1) is 19.2. The number of benzene rings is 1. The summed E-state index contributed by atoms with van der Waals surface area (Å²) in [6.45, 7) is 5.74. The minimum Gasteiger partial charge on any atom is -0.486 e. The van der Waals surface area contributed by atoms with E-state index in [1.807, 2.05) is 35.9 Å². The van der Waals surface area contributed by atoms with Crippen molar-refractivity contribution in [3.8, 4) is 5.75 Å². The number of aromatic nitrogens is 4. The summed E-state index contributed by atoms with van der Waals surface area (Å²) in [5.74, 6) is 2.53. The first-order chi connectivity index (χ1) is 13.7. The third kappa shape index (κ3) is 4.65. The van der Waals surface area contributed by atoms with Gasteiger partial charge in [0, 0.05) is 31.3 Å². The number of thiazole rings is 1. The maximum atomic E-state index is 5.81. The van der Waals surface area contributed by atoms with Crippen molar-refractivity contribution in [2.45, 2.75) is 24.4 Å². The third-order valence-electron chi connectivity index (χ3n) is 4.44. The smallest absolute Gasteiger partial charge is 0.227 e. The Balaban J connectivity index is 1.31. The van der Waals surface area contributed by atoms with Crippen LogP contribution in [0.5, 0.6) is 5.75 Å². The van der Waals surface area contributed by atoms with E-state index in [0.717, 1.165) is 59.6 Å².